The zero-order chi connectivity index (χ0) is 25.7. The number of carboxylic acids is 1. The maximum absolute atomic E-state index is 13.5. The second-order valence-corrected chi connectivity index (χ2v) is 9.16. The van der Waals surface area contributed by atoms with Gasteiger partial charge in [0.05, 0.1) is 11.2 Å². The van der Waals surface area contributed by atoms with Crippen LogP contribution in [0.15, 0.2) is 72.8 Å². The number of carboxylic acid groups (broad SMARTS) is 1. The normalized spacial score (nSPS) is 11.0. The van der Waals surface area contributed by atoms with Gasteiger partial charge in [0, 0.05) is 36.5 Å². The van der Waals surface area contributed by atoms with Crippen LogP contribution in [0.25, 0.3) is 22.2 Å². The van der Waals surface area contributed by atoms with E-state index in [-0.39, 0.29) is 18.1 Å². The number of aliphatic carboxylic acids is 1. The van der Waals surface area contributed by atoms with Crippen LogP contribution in [-0.2, 0) is 17.8 Å². The van der Waals surface area contributed by atoms with Crippen molar-refractivity contribution in [3.05, 3.63) is 101 Å². The highest BCUT2D eigenvalue weighted by atomic mass is 19.1. The van der Waals surface area contributed by atoms with E-state index < -0.39 is 5.97 Å². The Morgan fingerprint density at radius 2 is 1.67 bits per heavy atom. The Bertz CT molecular complexity index is 1380. The molecule has 0 radical (unpaired) electrons. The molecule has 1 amide bonds. The van der Waals surface area contributed by atoms with E-state index in [1.807, 2.05) is 49.4 Å². The van der Waals surface area contributed by atoms with Crippen LogP contribution in [0, 0.1) is 12.7 Å². The van der Waals surface area contributed by atoms with E-state index in [2.05, 4.69) is 0 Å². The second-order valence-electron chi connectivity index (χ2n) is 9.16. The van der Waals surface area contributed by atoms with Gasteiger partial charge < -0.3 is 10.0 Å². The zero-order valence-electron chi connectivity index (χ0n) is 20.5. The van der Waals surface area contributed by atoms with Crippen molar-refractivity contribution in [1.82, 2.24) is 9.88 Å². The lowest BCUT2D eigenvalue weighted by Crippen LogP contribution is -2.26. The molecular formula is C30H29FN2O3. The number of rotatable bonds is 9. The molecule has 0 aliphatic rings. The Morgan fingerprint density at radius 1 is 0.944 bits per heavy atom. The molecule has 0 saturated heterocycles. The molecule has 0 aliphatic carbocycles. The molecular weight excluding hydrogens is 455 g/mol. The Labute approximate surface area is 210 Å². The SMILES string of the molecule is Cc1ccc(CN(C)C(=O)c2ccc3nc(-c4ccc(F)cc4)c(CCCCC(=O)O)cc3c2)cc1. The number of carbonyl (C=O) groups excluding carboxylic acids is 1. The lowest BCUT2D eigenvalue weighted by atomic mass is 9.98. The van der Waals surface area contributed by atoms with Crippen LogP contribution in [-0.4, -0.2) is 33.9 Å². The first-order valence-electron chi connectivity index (χ1n) is 12.0. The zero-order valence-corrected chi connectivity index (χ0v) is 20.5. The summed E-state index contributed by atoms with van der Waals surface area (Å²) in [7, 11) is 1.79. The summed E-state index contributed by atoms with van der Waals surface area (Å²) in [5.74, 6) is -1.22. The van der Waals surface area contributed by atoms with E-state index in [0.29, 0.717) is 31.4 Å². The molecule has 1 heterocycles. The maximum Gasteiger partial charge on any atom is 0.303 e. The summed E-state index contributed by atoms with van der Waals surface area (Å²) in [6.07, 6.45) is 1.98. The fourth-order valence-corrected chi connectivity index (χ4v) is 4.25. The highest BCUT2D eigenvalue weighted by Gasteiger charge is 2.15. The number of pyridine rings is 1. The number of aromatic nitrogens is 1. The molecule has 6 heteroatoms. The smallest absolute Gasteiger partial charge is 0.303 e. The Balaban J connectivity index is 1.63. The van der Waals surface area contributed by atoms with Crippen LogP contribution in [0.1, 0.15) is 46.3 Å². The van der Waals surface area contributed by atoms with Crippen molar-refractivity contribution in [2.24, 2.45) is 0 Å². The third-order valence-electron chi connectivity index (χ3n) is 6.23. The largest absolute Gasteiger partial charge is 0.481 e. The minimum atomic E-state index is -0.816. The molecule has 0 aliphatic heterocycles. The molecule has 0 unspecified atom stereocenters. The number of benzene rings is 3. The van der Waals surface area contributed by atoms with Crippen molar-refractivity contribution in [1.29, 1.82) is 0 Å². The lowest BCUT2D eigenvalue weighted by molar-refractivity contribution is -0.137. The minimum Gasteiger partial charge on any atom is -0.481 e. The molecule has 0 saturated carbocycles. The summed E-state index contributed by atoms with van der Waals surface area (Å²) in [5.41, 5.74) is 6.03. The third kappa shape index (κ3) is 6.13. The Kier molecular flexibility index (Phi) is 7.74. The van der Waals surface area contributed by atoms with Crippen LogP contribution in [0.4, 0.5) is 4.39 Å². The van der Waals surface area contributed by atoms with Gasteiger partial charge in [-0.15, -0.1) is 0 Å². The summed E-state index contributed by atoms with van der Waals surface area (Å²) in [6.45, 7) is 2.54. The quantitative estimate of drug-likeness (QED) is 0.278. The molecule has 1 aromatic heterocycles. The summed E-state index contributed by atoms with van der Waals surface area (Å²) in [5, 5.41) is 9.80. The minimum absolute atomic E-state index is 0.0805. The Hall–Kier alpha value is -4.06. The Morgan fingerprint density at radius 3 is 2.36 bits per heavy atom. The average molecular weight is 485 g/mol. The average Bonchev–Trinajstić information content (AvgIpc) is 2.87. The molecule has 0 bridgehead atoms. The van der Waals surface area contributed by atoms with Gasteiger partial charge in [0.1, 0.15) is 5.82 Å². The van der Waals surface area contributed by atoms with Crippen LogP contribution < -0.4 is 0 Å². The van der Waals surface area contributed by atoms with Crippen molar-refractivity contribution in [3.63, 3.8) is 0 Å². The molecule has 4 rings (SSSR count). The van der Waals surface area contributed by atoms with Crippen molar-refractivity contribution in [2.75, 3.05) is 7.05 Å². The van der Waals surface area contributed by atoms with Gasteiger partial charge in [-0.2, -0.15) is 0 Å². The summed E-state index contributed by atoms with van der Waals surface area (Å²) in [6, 6.07) is 21.8. The first kappa shape index (κ1) is 25.0. The highest BCUT2D eigenvalue weighted by molar-refractivity contribution is 5.98. The fourth-order valence-electron chi connectivity index (χ4n) is 4.25. The number of fused-ring (bicyclic) bond motifs is 1. The molecule has 3 aromatic carbocycles. The number of hydrogen-bond acceptors (Lipinski definition) is 3. The first-order chi connectivity index (χ1) is 17.3. The molecule has 0 atom stereocenters. The molecule has 4 aromatic rings. The monoisotopic (exact) mass is 484 g/mol. The van der Waals surface area contributed by atoms with E-state index in [4.69, 9.17) is 10.1 Å². The van der Waals surface area contributed by atoms with Crippen molar-refractivity contribution in [2.45, 2.75) is 39.2 Å². The van der Waals surface area contributed by atoms with E-state index in [1.165, 1.54) is 17.7 Å². The van der Waals surface area contributed by atoms with Gasteiger partial charge in [-0.1, -0.05) is 29.8 Å². The predicted molar refractivity (Wildman–Crippen MR) is 139 cm³/mol. The first-order valence-corrected chi connectivity index (χ1v) is 12.0. The van der Waals surface area contributed by atoms with Crippen LogP contribution in [0.3, 0.4) is 0 Å². The van der Waals surface area contributed by atoms with Gasteiger partial charge in [-0.3, -0.25) is 9.59 Å². The van der Waals surface area contributed by atoms with Crippen molar-refractivity contribution >= 4 is 22.8 Å². The van der Waals surface area contributed by atoms with Gasteiger partial charge in [-0.25, -0.2) is 9.37 Å². The van der Waals surface area contributed by atoms with E-state index in [9.17, 15) is 14.0 Å². The van der Waals surface area contributed by atoms with Gasteiger partial charge in [0.15, 0.2) is 0 Å². The van der Waals surface area contributed by atoms with Crippen molar-refractivity contribution in [3.8, 4) is 11.3 Å². The summed E-state index contributed by atoms with van der Waals surface area (Å²) >= 11 is 0. The summed E-state index contributed by atoms with van der Waals surface area (Å²) in [4.78, 5) is 30.6. The number of nitrogens with zero attached hydrogens (tertiary/aromatic N) is 2. The number of halogens is 1. The van der Waals surface area contributed by atoms with E-state index in [1.54, 1.807) is 30.1 Å². The molecule has 0 fully saturated rings. The maximum atomic E-state index is 13.5. The standard InChI is InChI=1S/C30H29FN2O3/c1-20-7-9-21(10-8-20)19-33(2)30(36)24-13-16-27-25(18-24)17-23(5-3-4-6-28(34)35)29(32-27)22-11-14-26(31)15-12-22/h7-18H,3-6,19H2,1-2H3,(H,34,35). The number of carbonyl (C=O) groups is 2. The fraction of sp³-hybridized carbons (Fsp3) is 0.233. The lowest BCUT2D eigenvalue weighted by Gasteiger charge is -2.18. The van der Waals surface area contributed by atoms with Gasteiger partial charge >= 0.3 is 5.97 Å². The number of unbranched alkanes of at least 4 members (excludes halogenated alkanes) is 1. The third-order valence-corrected chi connectivity index (χ3v) is 6.23. The number of amides is 1. The molecule has 184 valence electrons. The molecule has 0 spiro atoms. The van der Waals surface area contributed by atoms with Crippen LogP contribution in [0.5, 0.6) is 0 Å². The van der Waals surface area contributed by atoms with Crippen molar-refractivity contribution < 1.29 is 19.1 Å². The summed E-state index contributed by atoms with van der Waals surface area (Å²) < 4.78 is 13.5. The predicted octanol–water partition coefficient (Wildman–Crippen LogP) is 6.42. The number of aryl methyl sites for hydroxylation is 2. The molecule has 5 nitrogen and oxygen atoms in total. The van der Waals surface area contributed by atoms with Crippen LogP contribution >= 0.6 is 0 Å². The second kappa shape index (κ2) is 11.1. The van der Waals surface area contributed by atoms with Gasteiger partial charge in [0.25, 0.3) is 5.91 Å². The molecule has 1 N–H and O–H groups in total. The number of hydrogen-bond donors (Lipinski definition) is 1. The van der Waals surface area contributed by atoms with Crippen LogP contribution in [0.2, 0.25) is 0 Å². The highest BCUT2D eigenvalue weighted by Crippen LogP contribution is 2.28. The van der Waals surface area contributed by atoms with Gasteiger partial charge in [0.2, 0.25) is 0 Å². The van der Waals surface area contributed by atoms with E-state index in [0.717, 1.165) is 33.3 Å². The van der Waals surface area contributed by atoms with E-state index >= 15 is 0 Å². The topological polar surface area (TPSA) is 70.5 Å². The molecule has 36 heavy (non-hydrogen) atoms. The van der Waals surface area contributed by atoms with Gasteiger partial charge in [-0.05, 0) is 85.8 Å².